The van der Waals surface area contributed by atoms with E-state index in [0.29, 0.717) is 32.8 Å². The molecular weight excluding hydrogens is 368 g/mol. The van der Waals surface area contributed by atoms with Crippen LogP contribution in [0.4, 0.5) is 4.79 Å². The van der Waals surface area contributed by atoms with Gasteiger partial charge in [0.1, 0.15) is 13.2 Å². The van der Waals surface area contributed by atoms with E-state index in [2.05, 4.69) is 10.4 Å². The molecule has 3 aromatic rings. The van der Waals surface area contributed by atoms with E-state index in [1.54, 1.807) is 15.8 Å². The van der Waals surface area contributed by atoms with Crippen LogP contribution in [0.25, 0.3) is 5.69 Å². The van der Waals surface area contributed by atoms with E-state index in [1.165, 1.54) is 0 Å². The molecule has 0 saturated carbocycles. The average Bonchev–Trinajstić information content (AvgIpc) is 3.25. The van der Waals surface area contributed by atoms with Crippen molar-refractivity contribution in [2.24, 2.45) is 0 Å². The summed E-state index contributed by atoms with van der Waals surface area (Å²) in [7, 11) is 0. The van der Waals surface area contributed by atoms with Crippen molar-refractivity contribution in [3.8, 4) is 17.2 Å². The van der Waals surface area contributed by atoms with E-state index in [4.69, 9.17) is 9.47 Å². The molecule has 7 nitrogen and oxygen atoms in total. The van der Waals surface area contributed by atoms with Crippen LogP contribution in [0, 0.1) is 0 Å². The van der Waals surface area contributed by atoms with Crippen LogP contribution < -0.4 is 14.8 Å². The van der Waals surface area contributed by atoms with Crippen LogP contribution in [-0.2, 0) is 13.1 Å². The number of benzene rings is 2. The highest BCUT2D eigenvalue weighted by molar-refractivity contribution is 5.74. The highest BCUT2D eigenvalue weighted by Crippen LogP contribution is 2.31. The second-order valence-corrected chi connectivity index (χ2v) is 6.78. The Bertz CT molecular complexity index is 971. The Morgan fingerprint density at radius 1 is 1.10 bits per heavy atom. The van der Waals surface area contributed by atoms with Gasteiger partial charge >= 0.3 is 6.03 Å². The normalized spacial score (nSPS) is 12.4. The van der Waals surface area contributed by atoms with Crippen LogP contribution in [-0.4, -0.2) is 40.5 Å². The largest absolute Gasteiger partial charge is 0.486 e. The predicted molar refractivity (Wildman–Crippen MR) is 109 cm³/mol. The molecule has 2 heterocycles. The Morgan fingerprint density at radius 3 is 2.69 bits per heavy atom. The maximum absolute atomic E-state index is 12.6. The fourth-order valence-corrected chi connectivity index (χ4v) is 3.20. The third-order valence-electron chi connectivity index (χ3n) is 4.75. The summed E-state index contributed by atoms with van der Waals surface area (Å²) in [6.07, 6.45) is 3.69. The third-order valence-corrected chi connectivity index (χ3v) is 4.75. The molecule has 0 unspecified atom stereocenters. The predicted octanol–water partition coefficient (Wildman–Crippen LogP) is 3.38. The number of nitrogens with zero attached hydrogens (tertiary/aromatic N) is 3. The highest BCUT2D eigenvalue weighted by Gasteiger charge is 2.16. The Morgan fingerprint density at radius 2 is 1.90 bits per heavy atom. The van der Waals surface area contributed by atoms with Crippen LogP contribution in [0.1, 0.15) is 18.1 Å². The fourth-order valence-electron chi connectivity index (χ4n) is 3.20. The summed E-state index contributed by atoms with van der Waals surface area (Å²) >= 11 is 0. The van der Waals surface area contributed by atoms with Gasteiger partial charge in [-0.1, -0.05) is 24.3 Å². The van der Waals surface area contributed by atoms with Crippen LogP contribution in [0.3, 0.4) is 0 Å². The van der Waals surface area contributed by atoms with E-state index in [0.717, 1.165) is 28.3 Å². The van der Waals surface area contributed by atoms with Gasteiger partial charge in [-0.3, -0.25) is 0 Å². The minimum Gasteiger partial charge on any atom is -0.486 e. The number of ether oxygens (including phenoxy) is 2. The number of amides is 2. The zero-order valence-electron chi connectivity index (χ0n) is 16.4. The minimum atomic E-state index is -0.116. The van der Waals surface area contributed by atoms with Gasteiger partial charge in [-0.25, -0.2) is 9.48 Å². The molecule has 0 atom stereocenters. The van der Waals surface area contributed by atoms with Crippen LogP contribution >= 0.6 is 0 Å². The molecule has 29 heavy (non-hydrogen) atoms. The first-order valence-electron chi connectivity index (χ1n) is 9.73. The van der Waals surface area contributed by atoms with Gasteiger partial charge in [0.25, 0.3) is 0 Å². The molecule has 7 heteroatoms. The highest BCUT2D eigenvalue weighted by atomic mass is 16.6. The molecule has 0 aliphatic carbocycles. The van der Waals surface area contributed by atoms with E-state index in [1.807, 2.05) is 61.7 Å². The van der Waals surface area contributed by atoms with E-state index < -0.39 is 0 Å². The molecule has 0 fully saturated rings. The topological polar surface area (TPSA) is 68.6 Å². The van der Waals surface area contributed by atoms with Crippen molar-refractivity contribution < 1.29 is 14.3 Å². The zero-order valence-corrected chi connectivity index (χ0v) is 16.4. The number of hydrogen-bond acceptors (Lipinski definition) is 4. The molecule has 0 bridgehead atoms. The zero-order chi connectivity index (χ0) is 20.1. The van der Waals surface area contributed by atoms with Crippen LogP contribution in [0.5, 0.6) is 11.5 Å². The SMILES string of the molecule is CCN(Cc1ccc2c(c1)OCCO2)C(=O)NCc1cnn(-c2ccccc2)c1. The van der Waals surface area contributed by atoms with Gasteiger partial charge in [0.15, 0.2) is 11.5 Å². The van der Waals surface area contributed by atoms with Gasteiger partial charge in [-0.05, 0) is 36.8 Å². The molecule has 4 rings (SSSR count). The molecule has 2 aromatic carbocycles. The van der Waals surface area contributed by atoms with Gasteiger partial charge in [-0.15, -0.1) is 0 Å². The van der Waals surface area contributed by atoms with Crippen LogP contribution in [0.15, 0.2) is 60.9 Å². The van der Waals surface area contributed by atoms with Crippen molar-refractivity contribution >= 4 is 6.03 Å². The lowest BCUT2D eigenvalue weighted by molar-refractivity contribution is 0.171. The van der Waals surface area contributed by atoms with Gasteiger partial charge in [-0.2, -0.15) is 5.10 Å². The maximum atomic E-state index is 12.6. The summed E-state index contributed by atoms with van der Waals surface area (Å²) in [5.41, 5.74) is 2.93. The lowest BCUT2D eigenvalue weighted by atomic mass is 10.2. The number of para-hydroxylation sites is 1. The molecule has 0 saturated heterocycles. The molecule has 1 aromatic heterocycles. The van der Waals surface area contributed by atoms with Gasteiger partial charge < -0.3 is 19.7 Å². The summed E-state index contributed by atoms with van der Waals surface area (Å²) in [5, 5.41) is 7.34. The summed E-state index contributed by atoms with van der Waals surface area (Å²) in [6.45, 7) is 4.60. The Kier molecular flexibility index (Phi) is 5.65. The first kappa shape index (κ1) is 18.9. The minimum absolute atomic E-state index is 0.116. The molecule has 1 aliphatic heterocycles. The number of fused-ring (bicyclic) bond motifs is 1. The second-order valence-electron chi connectivity index (χ2n) is 6.78. The van der Waals surface area contributed by atoms with Crippen molar-refractivity contribution in [1.82, 2.24) is 20.0 Å². The fraction of sp³-hybridized carbons (Fsp3) is 0.273. The van der Waals surface area contributed by atoms with Crippen molar-refractivity contribution in [2.75, 3.05) is 19.8 Å². The molecule has 2 amide bonds. The monoisotopic (exact) mass is 392 g/mol. The molecule has 0 spiro atoms. The van der Waals surface area contributed by atoms with Gasteiger partial charge in [0, 0.05) is 31.4 Å². The lowest BCUT2D eigenvalue weighted by Crippen LogP contribution is -2.39. The van der Waals surface area contributed by atoms with Crippen molar-refractivity contribution in [3.63, 3.8) is 0 Å². The van der Waals surface area contributed by atoms with Gasteiger partial charge in [0.2, 0.25) is 0 Å². The molecular formula is C22H24N4O3. The molecule has 0 radical (unpaired) electrons. The van der Waals surface area contributed by atoms with E-state index in [-0.39, 0.29) is 6.03 Å². The Labute approximate surface area is 169 Å². The average molecular weight is 392 g/mol. The van der Waals surface area contributed by atoms with Crippen molar-refractivity contribution in [1.29, 1.82) is 0 Å². The number of carbonyl (C=O) groups excluding carboxylic acids is 1. The molecule has 150 valence electrons. The maximum Gasteiger partial charge on any atom is 0.317 e. The smallest absolute Gasteiger partial charge is 0.317 e. The third kappa shape index (κ3) is 4.51. The number of aromatic nitrogens is 2. The van der Waals surface area contributed by atoms with Crippen molar-refractivity contribution in [2.45, 2.75) is 20.0 Å². The number of carbonyl (C=O) groups is 1. The number of urea groups is 1. The summed E-state index contributed by atoms with van der Waals surface area (Å²) in [4.78, 5) is 14.4. The number of nitrogens with one attached hydrogen (secondary N) is 1. The van der Waals surface area contributed by atoms with Crippen LogP contribution in [0.2, 0.25) is 0 Å². The van der Waals surface area contributed by atoms with E-state index >= 15 is 0 Å². The summed E-state index contributed by atoms with van der Waals surface area (Å²) in [6, 6.07) is 15.6. The van der Waals surface area contributed by atoms with Gasteiger partial charge in [0.05, 0.1) is 11.9 Å². The van der Waals surface area contributed by atoms with Crippen molar-refractivity contribution in [3.05, 3.63) is 72.1 Å². The lowest BCUT2D eigenvalue weighted by Gasteiger charge is -2.23. The Balaban J connectivity index is 1.35. The van der Waals surface area contributed by atoms with E-state index in [9.17, 15) is 4.79 Å². The first-order chi connectivity index (χ1) is 14.2. The summed E-state index contributed by atoms with van der Waals surface area (Å²) < 4.78 is 13.0. The standard InChI is InChI=1S/C22H24N4O3/c1-2-25(15-17-8-9-20-21(12-17)29-11-10-28-20)22(27)23-13-18-14-24-26(16-18)19-6-4-3-5-7-19/h3-9,12,14,16H,2,10-11,13,15H2,1H3,(H,23,27). The molecule has 1 N–H and O–H groups in total. The number of hydrogen-bond donors (Lipinski definition) is 1. The summed E-state index contributed by atoms with van der Waals surface area (Å²) in [5.74, 6) is 1.49. The Hall–Kier alpha value is -3.48. The first-order valence-corrected chi connectivity index (χ1v) is 9.73. The quantitative estimate of drug-likeness (QED) is 0.698. The second kappa shape index (κ2) is 8.68. The number of rotatable bonds is 6. The molecule has 1 aliphatic rings.